The van der Waals surface area contributed by atoms with Gasteiger partial charge in [0.1, 0.15) is 0 Å². The Bertz CT molecular complexity index is 483. The second-order valence-electron chi connectivity index (χ2n) is 7.44. The summed E-state index contributed by atoms with van der Waals surface area (Å²) in [6.45, 7) is 2.70. The fourth-order valence-corrected chi connectivity index (χ4v) is 4.97. The highest BCUT2D eigenvalue weighted by atomic mass is 16.5. The molecule has 2 unspecified atom stereocenters. The highest BCUT2D eigenvalue weighted by Gasteiger charge is 2.50. The van der Waals surface area contributed by atoms with Gasteiger partial charge in [0.15, 0.2) is 0 Å². The minimum absolute atomic E-state index is 0.442. The van der Waals surface area contributed by atoms with Crippen molar-refractivity contribution in [2.45, 2.75) is 62.8 Å². The van der Waals surface area contributed by atoms with Crippen molar-refractivity contribution in [3.05, 3.63) is 35.9 Å². The van der Waals surface area contributed by atoms with Gasteiger partial charge in [-0.15, -0.1) is 0 Å². The first-order valence-corrected chi connectivity index (χ1v) is 8.84. The van der Waals surface area contributed by atoms with Gasteiger partial charge in [0.2, 0.25) is 0 Å². The number of nitrogens with zero attached hydrogens (tertiary/aromatic N) is 1. The molecule has 4 rings (SSSR count). The number of ether oxygens (including phenoxy) is 1. The van der Waals surface area contributed by atoms with E-state index in [-0.39, 0.29) is 0 Å². The van der Waals surface area contributed by atoms with E-state index >= 15 is 0 Å². The monoisotopic (exact) mass is 301 g/mol. The van der Waals surface area contributed by atoms with Crippen LogP contribution in [0.15, 0.2) is 30.3 Å². The molecule has 3 heterocycles. The van der Waals surface area contributed by atoms with Gasteiger partial charge in [-0.3, -0.25) is 4.90 Å². The van der Waals surface area contributed by atoms with Crippen LogP contribution in [0.5, 0.6) is 0 Å². The number of rotatable bonds is 3. The smallest absolute Gasteiger partial charge is 0.0707 e. The molecule has 0 aromatic heterocycles. The molecule has 3 heteroatoms. The number of benzene rings is 1. The predicted octanol–water partition coefficient (Wildman–Crippen LogP) is 2.97. The predicted molar refractivity (Wildman–Crippen MR) is 86.5 cm³/mol. The molecule has 0 saturated carbocycles. The molecule has 0 spiro atoms. The lowest BCUT2D eigenvalue weighted by Gasteiger charge is -2.48. The Hall–Kier alpha value is -0.900. The van der Waals surface area contributed by atoms with Crippen LogP contribution in [0.4, 0.5) is 0 Å². The normalized spacial score (nSPS) is 36.6. The van der Waals surface area contributed by atoms with Crippen molar-refractivity contribution in [3.8, 4) is 0 Å². The number of piperidine rings is 1. The molecule has 120 valence electrons. The van der Waals surface area contributed by atoms with Crippen molar-refractivity contribution in [3.63, 3.8) is 0 Å². The molecular formula is C19H27NO2. The van der Waals surface area contributed by atoms with Crippen LogP contribution in [0, 0.1) is 5.92 Å². The first-order chi connectivity index (χ1) is 10.7. The fraction of sp³-hybridized carbons (Fsp3) is 0.684. The highest BCUT2D eigenvalue weighted by molar-refractivity contribution is 5.16. The maximum absolute atomic E-state index is 11.3. The van der Waals surface area contributed by atoms with Gasteiger partial charge in [0.05, 0.1) is 5.60 Å². The van der Waals surface area contributed by atoms with Crippen molar-refractivity contribution < 1.29 is 9.84 Å². The minimum atomic E-state index is -0.442. The Morgan fingerprint density at radius 1 is 1.00 bits per heavy atom. The van der Waals surface area contributed by atoms with Crippen LogP contribution >= 0.6 is 0 Å². The lowest BCUT2D eigenvalue weighted by Crippen LogP contribution is -2.54. The lowest BCUT2D eigenvalue weighted by atomic mass is 9.73. The molecule has 0 radical (unpaired) electrons. The van der Waals surface area contributed by atoms with E-state index in [0.717, 1.165) is 45.4 Å². The van der Waals surface area contributed by atoms with Crippen LogP contribution < -0.4 is 0 Å². The van der Waals surface area contributed by atoms with Crippen molar-refractivity contribution in [2.75, 3.05) is 13.2 Å². The van der Waals surface area contributed by atoms with Crippen LogP contribution in [0.1, 0.15) is 44.1 Å². The molecule has 1 aromatic carbocycles. The van der Waals surface area contributed by atoms with Crippen LogP contribution in [0.25, 0.3) is 0 Å². The third-order valence-corrected chi connectivity index (χ3v) is 6.14. The van der Waals surface area contributed by atoms with E-state index in [1.54, 1.807) is 0 Å². The Morgan fingerprint density at radius 2 is 1.64 bits per heavy atom. The molecule has 1 N–H and O–H groups in total. The molecular weight excluding hydrogens is 274 g/mol. The highest BCUT2D eigenvalue weighted by Crippen LogP contribution is 2.46. The average Bonchev–Trinajstić information content (AvgIpc) is 2.81. The summed E-state index contributed by atoms with van der Waals surface area (Å²) in [6, 6.07) is 11.9. The van der Waals surface area contributed by atoms with Gasteiger partial charge in [-0.05, 0) is 50.0 Å². The molecule has 0 aliphatic carbocycles. The lowest BCUT2D eigenvalue weighted by molar-refractivity contribution is -0.118. The Morgan fingerprint density at radius 3 is 2.27 bits per heavy atom. The zero-order chi connectivity index (χ0) is 15.0. The maximum Gasteiger partial charge on any atom is 0.0707 e. The fourth-order valence-electron chi connectivity index (χ4n) is 4.97. The standard InChI is InChI=1S/C19H27NO2/c21-19(16-8-10-22-11-9-16)12-17-6-7-18(13-19)20(17)14-15-4-2-1-3-5-15/h1-5,16-18,21H,6-14H2. The first kappa shape index (κ1) is 14.7. The second kappa shape index (κ2) is 5.95. The van der Waals surface area contributed by atoms with Crippen LogP contribution in [-0.2, 0) is 11.3 Å². The quantitative estimate of drug-likeness (QED) is 0.931. The van der Waals surface area contributed by atoms with Crippen LogP contribution in [0.2, 0.25) is 0 Å². The van der Waals surface area contributed by atoms with Gasteiger partial charge < -0.3 is 9.84 Å². The van der Waals surface area contributed by atoms with Crippen molar-refractivity contribution in [1.82, 2.24) is 4.90 Å². The van der Waals surface area contributed by atoms with Gasteiger partial charge in [-0.2, -0.15) is 0 Å². The molecule has 2 bridgehead atoms. The summed E-state index contributed by atoms with van der Waals surface area (Å²) < 4.78 is 5.48. The van der Waals surface area contributed by atoms with Crippen LogP contribution in [-0.4, -0.2) is 40.9 Å². The van der Waals surface area contributed by atoms with Crippen molar-refractivity contribution in [2.24, 2.45) is 5.92 Å². The zero-order valence-corrected chi connectivity index (χ0v) is 13.3. The van der Waals surface area contributed by atoms with Gasteiger partial charge in [0.25, 0.3) is 0 Å². The van der Waals surface area contributed by atoms with E-state index in [9.17, 15) is 5.11 Å². The average molecular weight is 301 g/mol. The Kier molecular flexibility index (Phi) is 3.97. The molecule has 0 amide bonds. The molecule has 1 aromatic rings. The molecule has 3 aliphatic rings. The van der Waals surface area contributed by atoms with E-state index < -0.39 is 5.60 Å². The Labute approximate surface area is 133 Å². The SMILES string of the molecule is OC1(C2CCOCC2)CC2CCC(C1)N2Cc1ccccc1. The molecule has 3 saturated heterocycles. The number of hydrogen-bond donors (Lipinski definition) is 1. The second-order valence-corrected chi connectivity index (χ2v) is 7.44. The van der Waals surface area contributed by atoms with Gasteiger partial charge in [-0.25, -0.2) is 0 Å². The molecule has 3 aliphatic heterocycles. The molecule has 2 atom stereocenters. The zero-order valence-electron chi connectivity index (χ0n) is 13.3. The van der Waals surface area contributed by atoms with Gasteiger partial charge in [0, 0.05) is 31.8 Å². The van der Waals surface area contributed by atoms with E-state index in [2.05, 4.69) is 35.2 Å². The van der Waals surface area contributed by atoms with Crippen LogP contribution in [0.3, 0.4) is 0 Å². The largest absolute Gasteiger partial charge is 0.389 e. The van der Waals surface area contributed by atoms with E-state index in [4.69, 9.17) is 4.74 Å². The van der Waals surface area contributed by atoms with Gasteiger partial charge >= 0.3 is 0 Å². The molecule has 22 heavy (non-hydrogen) atoms. The third-order valence-electron chi connectivity index (χ3n) is 6.14. The summed E-state index contributed by atoms with van der Waals surface area (Å²) >= 11 is 0. The number of fused-ring (bicyclic) bond motifs is 2. The summed E-state index contributed by atoms with van der Waals surface area (Å²) in [4.78, 5) is 2.66. The van der Waals surface area contributed by atoms with Crippen molar-refractivity contribution >= 4 is 0 Å². The van der Waals surface area contributed by atoms with E-state index in [1.807, 2.05) is 0 Å². The third kappa shape index (κ3) is 2.70. The molecule has 3 fully saturated rings. The number of aliphatic hydroxyl groups is 1. The summed E-state index contributed by atoms with van der Waals surface area (Å²) in [7, 11) is 0. The minimum Gasteiger partial charge on any atom is -0.389 e. The topological polar surface area (TPSA) is 32.7 Å². The maximum atomic E-state index is 11.3. The summed E-state index contributed by atoms with van der Waals surface area (Å²) in [5.74, 6) is 0.447. The summed E-state index contributed by atoms with van der Waals surface area (Å²) in [5.41, 5.74) is 0.957. The molecule has 3 nitrogen and oxygen atoms in total. The Balaban J connectivity index is 1.47. The first-order valence-electron chi connectivity index (χ1n) is 8.84. The van der Waals surface area contributed by atoms with E-state index in [1.165, 1.54) is 18.4 Å². The number of hydrogen-bond acceptors (Lipinski definition) is 3. The van der Waals surface area contributed by atoms with E-state index in [0.29, 0.717) is 18.0 Å². The van der Waals surface area contributed by atoms with Crippen molar-refractivity contribution in [1.29, 1.82) is 0 Å². The summed E-state index contributed by atoms with van der Waals surface area (Å²) in [5, 5.41) is 11.3. The summed E-state index contributed by atoms with van der Waals surface area (Å²) in [6.07, 6.45) is 6.50. The van der Waals surface area contributed by atoms with Gasteiger partial charge in [-0.1, -0.05) is 30.3 Å².